The summed E-state index contributed by atoms with van der Waals surface area (Å²) in [6.07, 6.45) is 0. The molecule has 0 saturated carbocycles. The SMILES string of the molecule is NOCc1ccccc1C(=O)O. The molecule has 0 aliphatic rings. The van der Waals surface area contributed by atoms with E-state index < -0.39 is 5.97 Å². The number of aromatic carboxylic acids is 1. The van der Waals surface area contributed by atoms with Gasteiger partial charge in [-0.05, 0) is 11.6 Å². The van der Waals surface area contributed by atoms with Gasteiger partial charge >= 0.3 is 5.97 Å². The highest BCUT2D eigenvalue weighted by Gasteiger charge is 2.07. The summed E-state index contributed by atoms with van der Waals surface area (Å²) in [5, 5.41) is 8.70. The smallest absolute Gasteiger partial charge is 0.336 e. The molecule has 0 radical (unpaired) electrons. The van der Waals surface area contributed by atoms with Crippen LogP contribution in [0.2, 0.25) is 0 Å². The molecule has 0 bridgehead atoms. The van der Waals surface area contributed by atoms with Gasteiger partial charge in [0.1, 0.15) is 0 Å². The molecule has 64 valence electrons. The van der Waals surface area contributed by atoms with Crippen LogP contribution in [0.3, 0.4) is 0 Å². The highest BCUT2D eigenvalue weighted by atomic mass is 16.6. The van der Waals surface area contributed by atoms with E-state index in [1.54, 1.807) is 18.2 Å². The van der Waals surface area contributed by atoms with Crippen LogP contribution in [0, 0.1) is 0 Å². The Morgan fingerprint density at radius 1 is 1.50 bits per heavy atom. The third-order valence-corrected chi connectivity index (χ3v) is 1.49. The number of hydrogen-bond acceptors (Lipinski definition) is 3. The monoisotopic (exact) mass is 167 g/mol. The maximum Gasteiger partial charge on any atom is 0.336 e. The lowest BCUT2D eigenvalue weighted by Gasteiger charge is -2.02. The minimum absolute atomic E-state index is 0.114. The summed E-state index contributed by atoms with van der Waals surface area (Å²) in [4.78, 5) is 15.0. The first-order valence-electron chi connectivity index (χ1n) is 3.38. The Bertz CT molecular complexity index is 285. The van der Waals surface area contributed by atoms with Crippen molar-refractivity contribution in [1.82, 2.24) is 0 Å². The maximum absolute atomic E-state index is 10.6. The molecule has 1 aromatic carbocycles. The van der Waals surface area contributed by atoms with Crippen molar-refractivity contribution in [2.75, 3.05) is 0 Å². The zero-order valence-corrected chi connectivity index (χ0v) is 6.36. The number of hydrogen-bond donors (Lipinski definition) is 2. The number of carboxylic acid groups (broad SMARTS) is 1. The van der Waals surface area contributed by atoms with Crippen LogP contribution in [0.1, 0.15) is 15.9 Å². The Kier molecular flexibility index (Phi) is 2.79. The van der Waals surface area contributed by atoms with Crippen LogP contribution in [0.25, 0.3) is 0 Å². The van der Waals surface area contributed by atoms with Crippen molar-refractivity contribution in [3.05, 3.63) is 35.4 Å². The van der Waals surface area contributed by atoms with E-state index in [2.05, 4.69) is 4.84 Å². The van der Waals surface area contributed by atoms with Gasteiger partial charge in [-0.25, -0.2) is 10.7 Å². The summed E-state index contributed by atoms with van der Waals surface area (Å²) < 4.78 is 0. The predicted molar refractivity (Wildman–Crippen MR) is 42.4 cm³/mol. The molecular formula is C8H9NO3. The average molecular weight is 167 g/mol. The van der Waals surface area contributed by atoms with Crippen molar-refractivity contribution in [2.24, 2.45) is 5.90 Å². The van der Waals surface area contributed by atoms with Gasteiger partial charge in [-0.15, -0.1) is 0 Å². The van der Waals surface area contributed by atoms with Gasteiger partial charge in [0.05, 0.1) is 12.2 Å². The van der Waals surface area contributed by atoms with Crippen LogP contribution in [-0.2, 0) is 11.4 Å². The van der Waals surface area contributed by atoms with Gasteiger partial charge < -0.3 is 5.11 Å². The molecule has 0 fully saturated rings. The van der Waals surface area contributed by atoms with Gasteiger partial charge in [-0.3, -0.25) is 4.84 Å². The first-order valence-corrected chi connectivity index (χ1v) is 3.38. The number of carboxylic acids is 1. The van der Waals surface area contributed by atoms with Crippen molar-refractivity contribution in [3.63, 3.8) is 0 Å². The first-order chi connectivity index (χ1) is 5.75. The molecule has 0 spiro atoms. The minimum Gasteiger partial charge on any atom is -0.478 e. The minimum atomic E-state index is -0.970. The van der Waals surface area contributed by atoms with Gasteiger partial charge in [0.2, 0.25) is 0 Å². The van der Waals surface area contributed by atoms with Crippen molar-refractivity contribution in [3.8, 4) is 0 Å². The van der Waals surface area contributed by atoms with Crippen molar-refractivity contribution in [2.45, 2.75) is 6.61 Å². The number of nitrogens with two attached hydrogens (primary N) is 1. The summed E-state index contributed by atoms with van der Waals surface area (Å²) in [6, 6.07) is 6.57. The Morgan fingerprint density at radius 2 is 2.17 bits per heavy atom. The van der Waals surface area contributed by atoms with Gasteiger partial charge in [0.15, 0.2) is 0 Å². The number of rotatable bonds is 3. The Labute approximate surface area is 69.5 Å². The number of carbonyl (C=O) groups is 1. The van der Waals surface area contributed by atoms with Crippen LogP contribution in [0.4, 0.5) is 0 Å². The summed E-state index contributed by atoms with van der Waals surface area (Å²) in [5.41, 5.74) is 0.801. The molecule has 12 heavy (non-hydrogen) atoms. The van der Waals surface area contributed by atoms with Crippen molar-refractivity contribution in [1.29, 1.82) is 0 Å². The molecule has 4 heteroatoms. The lowest BCUT2D eigenvalue weighted by atomic mass is 10.1. The predicted octanol–water partition coefficient (Wildman–Crippen LogP) is 0.775. The molecule has 1 rings (SSSR count). The standard InChI is InChI=1S/C8H9NO3/c9-12-5-6-3-1-2-4-7(6)8(10)11/h1-4H,5,9H2,(H,10,11). The zero-order chi connectivity index (χ0) is 8.97. The summed E-state index contributed by atoms with van der Waals surface area (Å²) >= 11 is 0. The van der Waals surface area contributed by atoms with Crippen LogP contribution in [0.5, 0.6) is 0 Å². The summed E-state index contributed by atoms with van der Waals surface area (Å²) in [7, 11) is 0. The largest absolute Gasteiger partial charge is 0.478 e. The van der Waals surface area contributed by atoms with Crippen molar-refractivity contribution >= 4 is 5.97 Å². The molecule has 0 unspecified atom stereocenters. The molecule has 3 N–H and O–H groups in total. The van der Waals surface area contributed by atoms with Crippen LogP contribution in [0.15, 0.2) is 24.3 Å². The van der Waals surface area contributed by atoms with E-state index in [9.17, 15) is 4.79 Å². The Morgan fingerprint density at radius 3 is 2.75 bits per heavy atom. The second-order valence-corrected chi connectivity index (χ2v) is 2.27. The topological polar surface area (TPSA) is 72.5 Å². The Balaban J connectivity index is 3.00. The summed E-state index contributed by atoms with van der Waals surface area (Å²) in [5.74, 6) is 3.87. The van der Waals surface area contributed by atoms with Gasteiger partial charge in [-0.2, -0.15) is 0 Å². The van der Waals surface area contributed by atoms with Crippen molar-refractivity contribution < 1.29 is 14.7 Å². The van der Waals surface area contributed by atoms with Gasteiger partial charge in [-0.1, -0.05) is 18.2 Å². The second-order valence-electron chi connectivity index (χ2n) is 2.27. The zero-order valence-electron chi connectivity index (χ0n) is 6.36. The summed E-state index contributed by atoms with van der Waals surface area (Å²) in [6.45, 7) is 0.114. The van der Waals surface area contributed by atoms with E-state index in [-0.39, 0.29) is 12.2 Å². The second kappa shape index (κ2) is 3.85. The van der Waals surface area contributed by atoms with E-state index >= 15 is 0 Å². The maximum atomic E-state index is 10.6. The molecule has 0 amide bonds. The molecule has 0 aliphatic heterocycles. The quantitative estimate of drug-likeness (QED) is 0.652. The average Bonchev–Trinajstić information content (AvgIpc) is 2.05. The molecule has 0 aromatic heterocycles. The molecule has 0 saturated heterocycles. The van der Waals surface area contributed by atoms with Crippen LogP contribution in [-0.4, -0.2) is 11.1 Å². The van der Waals surface area contributed by atoms with E-state index in [1.807, 2.05) is 0 Å². The fourth-order valence-corrected chi connectivity index (χ4v) is 0.945. The van der Waals surface area contributed by atoms with E-state index in [1.165, 1.54) is 6.07 Å². The van der Waals surface area contributed by atoms with E-state index in [0.717, 1.165) is 0 Å². The first kappa shape index (κ1) is 8.70. The lowest BCUT2D eigenvalue weighted by Crippen LogP contribution is -2.06. The molecule has 0 aliphatic carbocycles. The molecular weight excluding hydrogens is 158 g/mol. The molecule has 0 atom stereocenters. The van der Waals surface area contributed by atoms with Crippen LogP contribution >= 0.6 is 0 Å². The number of benzene rings is 1. The van der Waals surface area contributed by atoms with Gasteiger partial charge in [0.25, 0.3) is 0 Å². The molecule has 0 heterocycles. The molecule has 1 aromatic rings. The fraction of sp³-hybridized carbons (Fsp3) is 0.125. The van der Waals surface area contributed by atoms with Crippen LogP contribution < -0.4 is 5.90 Å². The molecule has 4 nitrogen and oxygen atoms in total. The normalized spacial score (nSPS) is 9.75. The fourth-order valence-electron chi connectivity index (χ4n) is 0.945. The van der Waals surface area contributed by atoms with Gasteiger partial charge in [0, 0.05) is 0 Å². The third kappa shape index (κ3) is 1.81. The van der Waals surface area contributed by atoms with E-state index in [0.29, 0.717) is 5.56 Å². The Hall–Kier alpha value is -1.39. The lowest BCUT2D eigenvalue weighted by molar-refractivity contribution is 0.0687. The van der Waals surface area contributed by atoms with E-state index in [4.69, 9.17) is 11.0 Å². The third-order valence-electron chi connectivity index (χ3n) is 1.49. The highest BCUT2D eigenvalue weighted by Crippen LogP contribution is 2.08. The highest BCUT2D eigenvalue weighted by molar-refractivity contribution is 5.89.